The Bertz CT molecular complexity index is 1850. The predicted octanol–water partition coefficient (Wildman–Crippen LogP) is 6.31. The van der Waals surface area contributed by atoms with Gasteiger partial charge in [-0.2, -0.15) is 4.31 Å². The van der Waals surface area contributed by atoms with Crippen molar-refractivity contribution in [2.45, 2.75) is 87.2 Å². The van der Waals surface area contributed by atoms with Crippen molar-refractivity contribution in [3.63, 3.8) is 0 Å². The summed E-state index contributed by atoms with van der Waals surface area (Å²) in [6, 6.07) is 20.1. The molecular weight excluding hydrogens is 721 g/mol. The lowest BCUT2D eigenvalue weighted by atomic mass is 9.99. The summed E-state index contributed by atoms with van der Waals surface area (Å²) in [5.41, 5.74) is 0.885. The molecule has 4 heterocycles. The van der Waals surface area contributed by atoms with E-state index in [1.165, 1.54) is 21.3 Å². The third-order valence-electron chi connectivity index (χ3n) is 10.1. The molecule has 4 aliphatic heterocycles. The average Bonchev–Trinajstić information content (AvgIpc) is 3.92. The molecular formula is C39H48N2O10S2. The summed E-state index contributed by atoms with van der Waals surface area (Å²) in [4.78, 5) is 17.1. The minimum absolute atomic E-state index is 0.00711. The van der Waals surface area contributed by atoms with Crippen LogP contribution in [0.25, 0.3) is 0 Å². The minimum Gasteiger partial charge on any atom is -0.489 e. The summed E-state index contributed by atoms with van der Waals surface area (Å²) >= 11 is 1.69. The van der Waals surface area contributed by atoms with Crippen LogP contribution in [0.3, 0.4) is 0 Å². The molecule has 5 atom stereocenters. The van der Waals surface area contributed by atoms with Crippen LogP contribution in [-0.2, 0) is 42.0 Å². The summed E-state index contributed by atoms with van der Waals surface area (Å²) in [6.45, 7) is 9.09. The van der Waals surface area contributed by atoms with Gasteiger partial charge in [0.2, 0.25) is 16.8 Å². The van der Waals surface area contributed by atoms with Gasteiger partial charge in [-0.1, -0.05) is 38.1 Å². The van der Waals surface area contributed by atoms with Gasteiger partial charge in [-0.05, 0) is 86.4 Å². The first-order valence-corrected chi connectivity index (χ1v) is 20.7. The summed E-state index contributed by atoms with van der Waals surface area (Å²) in [5.74, 6) is 1.56. The van der Waals surface area contributed by atoms with Crippen LogP contribution in [0.4, 0.5) is 4.79 Å². The topological polar surface area (TPSA) is 122 Å². The molecule has 0 spiro atoms. The van der Waals surface area contributed by atoms with Crippen molar-refractivity contribution < 1.29 is 46.4 Å². The van der Waals surface area contributed by atoms with Crippen molar-refractivity contribution in [3.8, 4) is 17.2 Å². The van der Waals surface area contributed by atoms with Gasteiger partial charge in [0, 0.05) is 24.1 Å². The van der Waals surface area contributed by atoms with E-state index >= 15 is 0 Å². The molecule has 0 N–H and O–H groups in total. The molecule has 0 radical (unpaired) electrons. The van der Waals surface area contributed by atoms with Gasteiger partial charge in [0.05, 0.1) is 36.2 Å². The van der Waals surface area contributed by atoms with Crippen LogP contribution in [0.15, 0.2) is 76.5 Å². The van der Waals surface area contributed by atoms with Crippen LogP contribution < -0.4 is 14.2 Å². The molecule has 14 heteroatoms. The van der Waals surface area contributed by atoms with Gasteiger partial charge < -0.3 is 33.2 Å². The van der Waals surface area contributed by atoms with Gasteiger partial charge >= 0.3 is 6.09 Å². The smallest absolute Gasteiger partial charge is 0.412 e. The van der Waals surface area contributed by atoms with Crippen molar-refractivity contribution in [2.24, 2.45) is 11.8 Å². The van der Waals surface area contributed by atoms with E-state index in [1.54, 1.807) is 22.7 Å². The number of rotatable bonds is 13. The highest BCUT2D eigenvalue weighted by Gasteiger charge is 2.53. The molecule has 0 aromatic heterocycles. The summed E-state index contributed by atoms with van der Waals surface area (Å²) in [6.07, 6.45) is 1.12. The second-order valence-electron chi connectivity index (χ2n) is 14.7. The zero-order valence-electron chi connectivity index (χ0n) is 30.8. The van der Waals surface area contributed by atoms with E-state index in [2.05, 4.69) is 24.3 Å². The first-order chi connectivity index (χ1) is 25.4. The Morgan fingerprint density at radius 2 is 1.74 bits per heavy atom. The number of ether oxygens (including phenoxy) is 7. The van der Waals surface area contributed by atoms with E-state index < -0.39 is 40.1 Å². The van der Waals surface area contributed by atoms with E-state index in [-0.39, 0.29) is 49.5 Å². The monoisotopic (exact) mass is 768 g/mol. The second kappa shape index (κ2) is 15.7. The second-order valence-corrected chi connectivity index (χ2v) is 17.5. The van der Waals surface area contributed by atoms with E-state index in [9.17, 15) is 13.2 Å². The lowest BCUT2D eigenvalue weighted by Gasteiger charge is -2.34. The van der Waals surface area contributed by atoms with Crippen molar-refractivity contribution in [3.05, 3.63) is 77.9 Å². The molecule has 286 valence electrons. The summed E-state index contributed by atoms with van der Waals surface area (Å²) in [5, 5.41) is 0. The molecule has 3 saturated heterocycles. The van der Waals surface area contributed by atoms with Gasteiger partial charge in [-0.25, -0.2) is 13.2 Å². The third-order valence-corrected chi connectivity index (χ3v) is 12.7. The largest absolute Gasteiger partial charge is 0.489 e. The number of nitrogens with zero attached hydrogens (tertiary/aromatic N) is 2. The Morgan fingerprint density at radius 1 is 1.00 bits per heavy atom. The van der Waals surface area contributed by atoms with Gasteiger partial charge in [0.25, 0.3) is 0 Å². The number of carbonyl (C=O) groups excluding carboxylic acids is 1. The van der Waals surface area contributed by atoms with Crippen molar-refractivity contribution in [1.29, 1.82) is 0 Å². The highest BCUT2D eigenvalue weighted by molar-refractivity contribution is 7.98. The fraction of sp³-hybridized carbons (Fsp3) is 0.513. The maximum Gasteiger partial charge on any atom is 0.412 e. The molecule has 7 rings (SSSR count). The van der Waals surface area contributed by atoms with E-state index in [4.69, 9.17) is 33.2 Å². The Labute approximate surface area is 316 Å². The van der Waals surface area contributed by atoms with Crippen LogP contribution in [-0.4, -0.2) is 93.3 Å². The maximum atomic E-state index is 14.3. The maximum absolute atomic E-state index is 14.3. The minimum atomic E-state index is -4.01. The highest BCUT2D eigenvalue weighted by atomic mass is 32.2. The zero-order chi connectivity index (χ0) is 37.3. The van der Waals surface area contributed by atoms with Gasteiger partial charge in [-0.15, -0.1) is 11.8 Å². The standard InChI is InChI=1S/C39H48N2O10S2/c1-25(2)20-40(53(43,44)30-14-15-33-34(19-30)49-24-48-33)21-35-32(18-26-6-10-28(11-7-26)46-22-27-8-12-29(52-5)13-9-27)41(39(3,4)51-35)38(42)50-36-23-47-37-31(36)16-17-45-37/h6-15,19,25,31-32,35-37H,16-18,20-24H2,1-5H3. The van der Waals surface area contributed by atoms with E-state index in [0.29, 0.717) is 36.9 Å². The van der Waals surface area contributed by atoms with Crippen molar-refractivity contribution >= 4 is 27.9 Å². The lowest BCUT2D eigenvalue weighted by molar-refractivity contribution is -0.0911. The fourth-order valence-corrected chi connectivity index (χ4v) is 9.50. The number of fused-ring (bicyclic) bond motifs is 2. The number of sulfonamides is 1. The number of benzene rings is 3. The number of hydrogen-bond acceptors (Lipinski definition) is 11. The van der Waals surface area contributed by atoms with Crippen molar-refractivity contribution in [1.82, 2.24) is 9.21 Å². The molecule has 1 amide bonds. The molecule has 5 unspecified atom stereocenters. The Morgan fingerprint density at radius 3 is 2.47 bits per heavy atom. The number of thioether (sulfide) groups is 1. The molecule has 53 heavy (non-hydrogen) atoms. The fourth-order valence-electron chi connectivity index (χ4n) is 7.46. The number of hydrogen-bond donors (Lipinski definition) is 0. The Balaban J connectivity index is 1.14. The Hall–Kier alpha value is -3.53. The van der Waals surface area contributed by atoms with Crippen LogP contribution in [0.1, 0.15) is 45.2 Å². The predicted molar refractivity (Wildman–Crippen MR) is 198 cm³/mol. The number of carbonyl (C=O) groups is 1. The number of amides is 1. The van der Waals surface area contributed by atoms with Crippen molar-refractivity contribution in [2.75, 3.05) is 39.4 Å². The first kappa shape index (κ1) is 37.8. The van der Waals surface area contributed by atoms with Crippen LogP contribution in [0, 0.1) is 11.8 Å². The quantitative estimate of drug-likeness (QED) is 0.182. The van der Waals surface area contributed by atoms with Gasteiger partial charge in [0.1, 0.15) is 24.2 Å². The van der Waals surface area contributed by atoms with Crippen LogP contribution >= 0.6 is 11.8 Å². The molecule has 0 saturated carbocycles. The molecule has 12 nitrogen and oxygen atoms in total. The van der Waals surface area contributed by atoms with Crippen LogP contribution in [0.2, 0.25) is 0 Å². The van der Waals surface area contributed by atoms with Gasteiger partial charge in [-0.3, -0.25) is 4.90 Å². The normalized spacial score (nSPS) is 24.6. The third kappa shape index (κ3) is 8.27. The molecule has 0 bridgehead atoms. The van der Waals surface area contributed by atoms with Gasteiger partial charge in [0.15, 0.2) is 17.8 Å². The lowest BCUT2D eigenvalue weighted by Crippen LogP contribution is -2.51. The molecule has 3 aromatic carbocycles. The average molecular weight is 769 g/mol. The molecule has 3 aromatic rings. The summed E-state index contributed by atoms with van der Waals surface area (Å²) in [7, 11) is -4.01. The SMILES string of the molecule is CSc1ccc(COc2ccc(CC3C(CN(CC(C)C)S(=O)(=O)c4ccc5c(c4)OCO5)OC(C)(C)N3C(=O)OC3COC4OCCC34)cc2)cc1. The first-order valence-electron chi connectivity index (χ1n) is 18.1. The van der Waals surface area contributed by atoms with E-state index in [0.717, 1.165) is 17.5 Å². The molecule has 4 aliphatic rings. The zero-order valence-corrected chi connectivity index (χ0v) is 32.4. The molecule has 3 fully saturated rings. The Kier molecular flexibility index (Phi) is 11.2. The van der Waals surface area contributed by atoms with E-state index in [1.807, 2.05) is 58.2 Å². The highest BCUT2D eigenvalue weighted by Crippen LogP contribution is 2.40. The summed E-state index contributed by atoms with van der Waals surface area (Å²) < 4.78 is 71.3. The molecule has 0 aliphatic carbocycles. The van der Waals surface area contributed by atoms with Crippen LogP contribution in [0.5, 0.6) is 17.2 Å².